The van der Waals surface area contributed by atoms with Crippen LogP contribution in [0.5, 0.6) is 5.75 Å². The summed E-state index contributed by atoms with van der Waals surface area (Å²) < 4.78 is 11.6. The predicted molar refractivity (Wildman–Crippen MR) is 169 cm³/mol. The van der Waals surface area contributed by atoms with Gasteiger partial charge in [-0.1, -0.05) is 45.0 Å². The van der Waals surface area contributed by atoms with Crippen molar-refractivity contribution >= 4 is 23.8 Å². The van der Waals surface area contributed by atoms with Crippen molar-refractivity contribution in [2.45, 2.75) is 103 Å². The fourth-order valence-corrected chi connectivity index (χ4v) is 6.43. The average Bonchev–Trinajstić information content (AvgIpc) is 3.49. The first kappa shape index (κ1) is 34.4. The molecule has 1 aromatic carbocycles. The normalized spacial score (nSPS) is 26.5. The van der Waals surface area contributed by atoms with E-state index in [1.54, 1.807) is 31.7 Å². The standard InChI is InChI=1S/C34H50N4O7/c1-8-22-19-34(22,31(42)43)36-29(40)26-18-23(37-16-14-25(15-17-37)44-24-12-10-9-11-13-24)21-38(26)30(41)28(32(2,3)4)35-20-27(39)45-33(5,6)7/h8-13,22-23,25-26,28,35H,1,14-21H2,2-7H3,(H,36,40)(H,42,43)/t22-,23-,26+,28-,34-/m1/s1. The third-order valence-electron chi connectivity index (χ3n) is 8.91. The van der Waals surface area contributed by atoms with Crippen molar-refractivity contribution in [2.24, 2.45) is 11.3 Å². The summed E-state index contributed by atoms with van der Waals surface area (Å²) in [5.74, 6) is -1.92. The number of aliphatic carboxylic acids is 1. The van der Waals surface area contributed by atoms with Gasteiger partial charge < -0.3 is 24.8 Å². The van der Waals surface area contributed by atoms with Gasteiger partial charge in [-0.2, -0.15) is 0 Å². The van der Waals surface area contributed by atoms with Crippen LogP contribution in [0.4, 0.5) is 0 Å². The molecule has 11 nitrogen and oxygen atoms in total. The number of rotatable bonds is 11. The van der Waals surface area contributed by atoms with E-state index in [1.807, 2.05) is 51.1 Å². The van der Waals surface area contributed by atoms with E-state index >= 15 is 0 Å². The van der Waals surface area contributed by atoms with E-state index in [9.17, 15) is 24.3 Å². The van der Waals surface area contributed by atoms with Gasteiger partial charge in [-0.05, 0) is 64.0 Å². The van der Waals surface area contributed by atoms with Crippen molar-refractivity contribution < 1.29 is 33.8 Å². The average molecular weight is 627 g/mol. The maximum atomic E-state index is 14.3. The Bertz CT molecular complexity index is 1250. The highest BCUT2D eigenvalue weighted by Gasteiger charge is 2.61. The van der Waals surface area contributed by atoms with Crippen LogP contribution in [0, 0.1) is 11.3 Å². The van der Waals surface area contributed by atoms with Gasteiger partial charge in [0.05, 0.1) is 12.6 Å². The zero-order valence-corrected chi connectivity index (χ0v) is 27.5. The summed E-state index contributed by atoms with van der Waals surface area (Å²) in [4.78, 5) is 56.7. The fourth-order valence-electron chi connectivity index (χ4n) is 6.43. The molecule has 3 fully saturated rings. The molecule has 0 aromatic heterocycles. The van der Waals surface area contributed by atoms with E-state index < -0.39 is 46.5 Å². The van der Waals surface area contributed by atoms with Crippen molar-refractivity contribution in [3.8, 4) is 5.75 Å². The predicted octanol–water partition coefficient (Wildman–Crippen LogP) is 2.99. The van der Waals surface area contributed by atoms with Crippen molar-refractivity contribution in [2.75, 3.05) is 26.2 Å². The highest BCUT2D eigenvalue weighted by atomic mass is 16.6. The summed E-state index contributed by atoms with van der Waals surface area (Å²) in [6.45, 7) is 16.4. The number of likely N-dealkylation sites (tertiary alicyclic amines) is 2. The highest BCUT2D eigenvalue weighted by Crippen LogP contribution is 2.45. The Morgan fingerprint density at radius 2 is 1.73 bits per heavy atom. The first-order valence-corrected chi connectivity index (χ1v) is 15.9. The van der Waals surface area contributed by atoms with Crippen LogP contribution in [0.25, 0.3) is 0 Å². The van der Waals surface area contributed by atoms with Crippen LogP contribution in [-0.4, -0.2) is 100 Å². The van der Waals surface area contributed by atoms with Crippen molar-refractivity contribution in [3.63, 3.8) is 0 Å². The number of benzene rings is 1. The molecule has 0 radical (unpaired) electrons. The number of carboxylic acid groups (broad SMARTS) is 1. The largest absolute Gasteiger partial charge is 0.490 e. The molecule has 2 aliphatic heterocycles. The van der Waals surface area contributed by atoms with E-state index in [2.05, 4.69) is 22.1 Å². The number of nitrogens with zero attached hydrogens (tertiary/aromatic N) is 2. The third kappa shape index (κ3) is 8.43. The molecule has 2 saturated heterocycles. The number of para-hydroxylation sites is 1. The number of carboxylic acids is 1. The molecule has 2 heterocycles. The number of hydrogen-bond donors (Lipinski definition) is 3. The Labute approximate surface area is 266 Å². The van der Waals surface area contributed by atoms with Gasteiger partial charge in [0, 0.05) is 31.6 Å². The second kappa shape index (κ2) is 13.5. The van der Waals surface area contributed by atoms with Crippen LogP contribution >= 0.6 is 0 Å². The Hall–Kier alpha value is -3.44. The zero-order valence-electron chi connectivity index (χ0n) is 27.5. The number of ether oxygens (including phenoxy) is 2. The molecule has 45 heavy (non-hydrogen) atoms. The molecule has 5 atom stereocenters. The van der Waals surface area contributed by atoms with Crippen molar-refractivity contribution in [1.82, 2.24) is 20.4 Å². The van der Waals surface area contributed by atoms with Gasteiger partial charge in [0.25, 0.3) is 0 Å². The molecule has 248 valence electrons. The molecule has 0 spiro atoms. The lowest BCUT2D eigenvalue weighted by Crippen LogP contribution is -2.59. The van der Waals surface area contributed by atoms with Gasteiger partial charge >= 0.3 is 11.9 Å². The van der Waals surface area contributed by atoms with Gasteiger partial charge in [0.1, 0.15) is 29.0 Å². The van der Waals surface area contributed by atoms with Gasteiger partial charge in [0.2, 0.25) is 11.8 Å². The van der Waals surface area contributed by atoms with Gasteiger partial charge in [-0.3, -0.25) is 24.6 Å². The molecular formula is C34H50N4O7. The smallest absolute Gasteiger partial charge is 0.330 e. The molecule has 3 aliphatic rings. The van der Waals surface area contributed by atoms with Crippen LogP contribution < -0.4 is 15.4 Å². The van der Waals surface area contributed by atoms with E-state index in [0.29, 0.717) is 13.0 Å². The highest BCUT2D eigenvalue weighted by molar-refractivity contribution is 5.95. The second-order valence-corrected chi connectivity index (χ2v) is 14.6. The molecule has 2 amide bonds. The lowest BCUT2D eigenvalue weighted by Gasteiger charge is -2.37. The summed E-state index contributed by atoms with van der Waals surface area (Å²) in [5, 5.41) is 15.8. The maximum absolute atomic E-state index is 14.3. The molecule has 1 aromatic rings. The Kier molecular flexibility index (Phi) is 10.3. The van der Waals surface area contributed by atoms with E-state index in [-0.39, 0.29) is 36.9 Å². The number of esters is 1. The summed E-state index contributed by atoms with van der Waals surface area (Å²) >= 11 is 0. The maximum Gasteiger partial charge on any atom is 0.330 e. The van der Waals surface area contributed by atoms with Crippen LogP contribution in [0.2, 0.25) is 0 Å². The topological polar surface area (TPSA) is 138 Å². The molecule has 1 saturated carbocycles. The number of carbonyl (C=O) groups is 4. The molecule has 3 N–H and O–H groups in total. The molecule has 11 heteroatoms. The minimum Gasteiger partial charge on any atom is -0.490 e. The molecule has 0 unspecified atom stereocenters. The van der Waals surface area contributed by atoms with Gasteiger partial charge in [0.15, 0.2) is 0 Å². The van der Waals surface area contributed by atoms with Crippen LogP contribution in [0.1, 0.15) is 67.2 Å². The van der Waals surface area contributed by atoms with Crippen LogP contribution in [-0.2, 0) is 23.9 Å². The van der Waals surface area contributed by atoms with E-state index in [4.69, 9.17) is 9.47 Å². The third-order valence-corrected chi connectivity index (χ3v) is 8.91. The Morgan fingerprint density at radius 3 is 2.27 bits per heavy atom. The first-order valence-electron chi connectivity index (χ1n) is 15.9. The van der Waals surface area contributed by atoms with Crippen LogP contribution in [0.3, 0.4) is 0 Å². The molecule has 1 aliphatic carbocycles. The van der Waals surface area contributed by atoms with Crippen molar-refractivity contribution in [3.05, 3.63) is 43.0 Å². The number of carbonyl (C=O) groups excluding carboxylic acids is 3. The van der Waals surface area contributed by atoms with E-state index in [0.717, 1.165) is 31.7 Å². The number of amides is 2. The van der Waals surface area contributed by atoms with Gasteiger partial charge in [-0.25, -0.2) is 4.79 Å². The van der Waals surface area contributed by atoms with Crippen molar-refractivity contribution in [1.29, 1.82) is 0 Å². The minimum atomic E-state index is -1.41. The Morgan fingerprint density at radius 1 is 1.09 bits per heavy atom. The second-order valence-electron chi connectivity index (χ2n) is 14.6. The quantitative estimate of drug-likeness (QED) is 0.250. The summed E-state index contributed by atoms with van der Waals surface area (Å²) in [7, 11) is 0. The summed E-state index contributed by atoms with van der Waals surface area (Å²) in [6.07, 6.45) is 3.87. The SMILES string of the molecule is C=C[C@@H]1C[C@]1(NC(=O)[C@@H]1C[C@@H](N2CCC(Oc3ccccc3)CC2)CN1C(=O)[C@@H](NCC(=O)OC(C)(C)C)C(C)(C)C)C(=O)O. The first-order chi connectivity index (χ1) is 21.0. The minimum absolute atomic E-state index is 0.0744. The number of piperidine rings is 1. The summed E-state index contributed by atoms with van der Waals surface area (Å²) in [6, 6.07) is 7.98. The monoisotopic (exact) mass is 626 g/mol. The lowest BCUT2D eigenvalue weighted by atomic mass is 9.85. The molecular weight excluding hydrogens is 576 g/mol. The zero-order chi connectivity index (χ0) is 33.2. The molecule has 0 bridgehead atoms. The Balaban J connectivity index is 1.50. The van der Waals surface area contributed by atoms with Crippen LogP contribution in [0.15, 0.2) is 43.0 Å². The number of nitrogens with one attached hydrogen (secondary N) is 2. The van der Waals surface area contributed by atoms with E-state index in [1.165, 1.54) is 0 Å². The number of hydrogen-bond acceptors (Lipinski definition) is 8. The fraction of sp³-hybridized carbons (Fsp3) is 0.647. The summed E-state index contributed by atoms with van der Waals surface area (Å²) in [5.41, 5.74) is -2.67. The lowest BCUT2D eigenvalue weighted by molar-refractivity contribution is -0.154. The van der Waals surface area contributed by atoms with Gasteiger partial charge in [-0.15, -0.1) is 6.58 Å². The molecule has 4 rings (SSSR count).